The summed E-state index contributed by atoms with van der Waals surface area (Å²) in [5.41, 5.74) is 2.29. The average Bonchev–Trinajstić information content (AvgIpc) is 3.25. The zero-order chi connectivity index (χ0) is 24.1. The number of methoxy groups -OCH3 is 1. The number of fused-ring (bicyclic) bond motifs is 1. The summed E-state index contributed by atoms with van der Waals surface area (Å²) >= 11 is 0. The molecule has 1 aromatic carbocycles. The average molecular weight is 489 g/mol. The van der Waals surface area contributed by atoms with Crippen LogP contribution >= 0.6 is 0 Å². The number of hydrogen-bond donors (Lipinski definition) is 2. The van der Waals surface area contributed by atoms with E-state index in [1.165, 1.54) is 0 Å². The lowest BCUT2D eigenvalue weighted by atomic mass is 10.2. The van der Waals surface area contributed by atoms with Crippen molar-refractivity contribution in [3.63, 3.8) is 0 Å². The number of benzene rings is 1. The van der Waals surface area contributed by atoms with Gasteiger partial charge in [-0.3, -0.25) is 4.57 Å². The van der Waals surface area contributed by atoms with Crippen molar-refractivity contribution >= 4 is 27.0 Å². The Labute approximate surface area is 200 Å². The van der Waals surface area contributed by atoms with Gasteiger partial charge in [-0.15, -0.1) is 0 Å². The van der Waals surface area contributed by atoms with Gasteiger partial charge in [0.1, 0.15) is 17.8 Å². The topological polar surface area (TPSA) is 120 Å². The molecule has 0 bridgehead atoms. The Morgan fingerprint density at radius 1 is 1.18 bits per heavy atom. The normalized spacial score (nSPS) is 16.8. The minimum Gasteiger partial charge on any atom is -0.497 e. The maximum atomic E-state index is 12.4. The molecule has 1 saturated heterocycles. The predicted molar refractivity (Wildman–Crippen MR) is 130 cm³/mol. The molecule has 0 radical (unpaired) electrons. The zero-order valence-electron chi connectivity index (χ0n) is 19.8. The molecule has 1 aliphatic rings. The molecule has 2 aromatic heterocycles. The Morgan fingerprint density at radius 3 is 2.65 bits per heavy atom. The molecule has 0 spiro atoms. The van der Waals surface area contributed by atoms with Gasteiger partial charge < -0.3 is 14.8 Å². The van der Waals surface area contributed by atoms with E-state index in [0.717, 1.165) is 30.6 Å². The van der Waals surface area contributed by atoms with E-state index in [4.69, 9.17) is 9.47 Å². The standard InChI is InChI=1S/C23H32N6O4S/c1-16(2)14-34(30,31)26-13-19-27-22(24-12-17-7-9-18(32-3)10-8-17)21-23(28-19)29(15-25-21)20-6-4-5-11-33-20/h7-10,15-16,20,26H,4-6,11-14H2,1-3H3,(H,24,27,28). The first-order valence-electron chi connectivity index (χ1n) is 11.5. The molecule has 184 valence electrons. The number of imidazole rings is 1. The van der Waals surface area contributed by atoms with E-state index in [9.17, 15) is 8.42 Å². The molecular formula is C23H32N6O4S. The monoisotopic (exact) mass is 488 g/mol. The first-order valence-corrected chi connectivity index (χ1v) is 13.2. The van der Waals surface area contributed by atoms with Crippen molar-refractivity contribution in [2.24, 2.45) is 5.92 Å². The highest BCUT2D eigenvalue weighted by Gasteiger charge is 2.22. The third-order valence-electron chi connectivity index (χ3n) is 5.56. The summed E-state index contributed by atoms with van der Waals surface area (Å²) in [6.45, 7) is 4.94. The molecule has 4 rings (SSSR count). The molecule has 1 unspecified atom stereocenters. The van der Waals surface area contributed by atoms with Crippen LogP contribution in [0.25, 0.3) is 11.2 Å². The van der Waals surface area contributed by atoms with Crippen LogP contribution in [0.1, 0.15) is 50.7 Å². The summed E-state index contributed by atoms with van der Waals surface area (Å²) in [6.07, 6.45) is 4.56. The molecule has 1 fully saturated rings. The molecule has 34 heavy (non-hydrogen) atoms. The van der Waals surface area contributed by atoms with Gasteiger partial charge in [0.25, 0.3) is 0 Å². The van der Waals surface area contributed by atoms with Gasteiger partial charge in [-0.25, -0.2) is 28.1 Å². The van der Waals surface area contributed by atoms with E-state index in [-0.39, 0.29) is 24.4 Å². The summed E-state index contributed by atoms with van der Waals surface area (Å²) in [5, 5.41) is 3.34. The fourth-order valence-electron chi connectivity index (χ4n) is 3.92. The Hall–Kier alpha value is -2.76. The number of sulfonamides is 1. The molecular weight excluding hydrogens is 456 g/mol. The van der Waals surface area contributed by atoms with Crippen molar-refractivity contribution in [3.05, 3.63) is 42.0 Å². The molecule has 0 amide bonds. The van der Waals surface area contributed by atoms with Crippen LogP contribution in [-0.4, -0.2) is 47.4 Å². The highest BCUT2D eigenvalue weighted by molar-refractivity contribution is 7.89. The predicted octanol–water partition coefficient (Wildman–Crippen LogP) is 3.22. The van der Waals surface area contributed by atoms with E-state index in [1.54, 1.807) is 13.4 Å². The molecule has 10 nitrogen and oxygen atoms in total. The third-order valence-corrected chi connectivity index (χ3v) is 7.25. The van der Waals surface area contributed by atoms with Gasteiger partial charge in [0.15, 0.2) is 17.0 Å². The number of aromatic nitrogens is 4. The Morgan fingerprint density at radius 2 is 1.97 bits per heavy atom. The summed E-state index contributed by atoms with van der Waals surface area (Å²) < 4.78 is 40.4. The first kappa shape index (κ1) is 24.4. The van der Waals surface area contributed by atoms with E-state index < -0.39 is 10.0 Å². The lowest BCUT2D eigenvalue weighted by molar-refractivity contribution is -0.0298. The van der Waals surface area contributed by atoms with Crippen LogP contribution in [0.3, 0.4) is 0 Å². The highest BCUT2D eigenvalue weighted by Crippen LogP contribution is 2.28. The van der Waals surface area contributed by atoms with E-state index in [1.807, 2.05) is 42.7 Å². The van der Waals surface area contributed by atoms with Crippen LogP contribution in [0.2, 0.25) is 0 Å². The summed E-state index contributed by atoms with van der Waals surface area (Å²) in [5.74, 6) is 1.78. The second-order valence-corrected chi connectivity index (χ2v) is 10.7. The van der Waals surface area contributed by atoms with E-state index >= 15 is 0 Å². The maximum absolute atomic E-state index is 12.4. The van der Waals surface area contributed by atoms with E-state index in [0.29, 0.717) is 36.0 Å². The molecule has 3 heterocycles. The third kappa shape index (κ3) is 6.02. The van der Waals surface area contributed by atoms with Gasteiger partial charge in [-0.2, -0.15) is 0 Å². The molecule has 3 aromatic rings. The first-order chi connectivity index (χ1) is 16.3. The summed E-state index contributed by atoms with van der Waals surface area (Å²) in [4.78, 5) is 13.8. The van der Waals surface area contributed by atoms with Gasteiger partial charge >= 0.3 is 0 Å². The van der Waals surface area contributed by atoms with Gasteiger partial charge in [0.2, 0.25) is 10.0 Å². The van der Waals surface area contributed by atoms with Crippen LogP contribution < -0.4 is 14.8 Å². The second-order valence-electron chi connectivity index (χ2n) is 8.83. The van der Waals surface area contributed by atoms with Crippen LogP contribution in [0, 0.1) is 5.92 Å². The van der Waals surface area contributed by atoms with Crippen molar-refractivity contribution in [1.82, 2.24) is 24.2 Å². The van der Waals surface area contributed by atoms with Crippen molar-refractivity contribution in [3.8, 4) is 5.75 Å². The van der Waals surface area contributed by atoms with Gasteiger partial charge in [0, 0.05) is 13.2 Å². The largest absolute Gasteiger partial charge is 0.497 e. The number of nitrogens with zero attached hydrogens (tertiary/aromatic N) is 4. The highest BCUT2D eigenvalue weighted by atomic mass is 32.2. The van der Waals surface area contributed by atoms with Crippen molar-refractivity contribution in [2.75, 3.05) is 24.8 Å². The smallest absolute Gasteiger partial charge is 0.212 e. The Bertz CT molecular complexity index is 1200. The van der Waals surface area contributed by atoms with E-state index in [2.05, 4.69) is 25.0 Å². The van der Waals surface area contributed by atoms with Crippen LogP contribution in [0.5, 0.6) is 5.75 Å². The second kappa shape index (κ2) is 10.7. The number of ether oxygens (including phenoxy) is 2. The van der Waals surface area contributed by atoms with Gasteiger partial charge in [-0.1, -0.05) is 26.0 Å². The van der Waals surface area contributed by atoms with Crippen molar-refractivity contribution in [1.29, 1.82) is 0 Å². The molecule has 0 aliphatic carbocycles. The van der Waals surface area contributed by atoms with Gasteiger partial charge in [0.05, 0.1) is 25.7 Å². The quantitative estimate of drug-likeness (QED) is 0.446. The van der Waals surface area contributed by atoms with Crippen molar-refractivity contribution in [2.45, 2.75) is 52.4 Å². The maximum Gasteiger partial charge on any atom is 0.212 e. The van der Waals surface area contributed by atoms with Crippen LogP contribution in [0.15, 0.2) is 30.6 Å². The number of hydrogen-bond acceptors (Lipinski definition) is 8. The summed E-state index contributed by atoms with van der Waals surface area (Å²) in [6, 6.07) is 7.74. The lowest BCUT2D eigenvalue weighted by Crippen LogP contribution is -2.29. The minimum absolute atomic E-state index is 0.00108. The zero-order valence-corrected chi connectivity index (χ0v) is 20.6. The summed E-state index contributed by atoms with van der Waals surface area (Å²) in [7, 11) is -1.80. The minimum atomic E-state index is -3.43. The fraction of sp³-hybridized carbons (Fsp3) is 0.522. The molecule has 1 aliphatic heterocycles. The van der Waals surface area contributed by atoms with Gasteiger partial charge in [-0.05, 0) is 42.9 Å². The number of anilines is 1. The van der Waals surface area contributed by atoms with Crippen LogP contribution in [0.4, 0.5) is 5.82 Å². The van der Waals surface area contributed by atoms with Crippen LogP contribution in [-0.2, 0) is 27.8 Å². The molecule has 0 saturated carbocycles. The SMILES string of the molecule is COc1ccc(CNc2nc(CNS(=O)(=O)CC(C)C)nc3c2ncn3C2CCCCO2)cc1. The number of rotatable bonds is 10. The lowest BCUT2D eigenvalue weighted by Gasteiger charge is -2.24. The van der Waals surface area contributed by atoms with Crippen molar-refractivity contribution < 1.29 is 17.9 Å². The fourth-order valence-corrected chi connectivity index (χ4v) is 5.26. The molecule has 1 atom stereocenters. The molecule has 2 N–H and O–H groups in total. The number of nitrogens with one attached hydrogen (secondary N) is 2. The Kier molecular flexibility index (Phi) is 7.64. The Balaban J connectivity index is 1.62. The molecule has 11 heteroatoms.